The van der Waals surface area contributed by atoms with Crippen LogP contribution in [0.25, 0.3) is 22.3 Å². The van der Waals surface area contributed by atoms with Crippen molar-refractivity contribution in [3.05, 3.63) is 85.2 Å². The fourth-order valence-electron chi connectivity index (χ4n) is 4.62. The van der Waals surface area contributed by atoms with Crippen molar-refractivity contribution >= 4 is 39.7 Å². The number of carbonyl (C=O) groups is 1. The zero-order valence-electron chi connectivity index (χ0n) is 22.0. The molecule has 1 aromatic carbocycles. The van der Waals surface area contributed by atoms with Crippen LogP contribution in [-0.2, 0) is 4.79 Å². The summed E-state index contributed by atoms with van der Waals surface area (Å²) >= 11 is 0. The van der Waals surface area contributed by atoms with Crippen LogP contribution in [0.3, 0.4) is 0 Å². The van der Waals surface area contributed by atoms with Gasteiger partial charge in [-0.15, -0.1) is 0 Å². The average Bonchev–Trinajstić information content (AvgIpc) is 3.46. The standard InChI is InChI=1S/C29H26N8O3/c1-4-26(38)36-10-7-19(8-11-36)27-24(39-3)15-22-28(35-27)29(32-16-30-22)34-20-5-6-23(18(2)13-20)40-21-9-12-37-25(14-21)31-17-33-37/h4-7,9,12-17H,1,8,10-11H2,2-3H3,(H,30,32,34). The van der Waals surface area contributed by atoms with Crippen molar-refractivity contribution in [2.24, 2.45) is 0 Å². The third kappa shape index (κ3) is 4.80. The fourth-order valence-corrected chi connectivity index (χ4v) is 4.62. The molecule has 6 rings (SSSR count). The Labute approximate surface area is 229 Å². The number of hydrogen-bond acceptors (Lipinski definition) is 9. The Kier molecular flexibility index (Phi) is 6.52. The summed E-state index contributed by atoms with van der Waals surface area (Å²) in [6.45, 7) is 6.62. The number of aromatic nitrogens is 6. The molecule has 5 aromatic rings. The predicted octanol–water partition coefficient (Wildman–Crippen LogP) is 4.72. The predicted molar refractivity (Wildman–Crippen MR) is 151 cm³/mol. The van der Waals surface area contributed by atoms with E-state index in [-0.39, 0.29) is 5.91 Å². The van der Waals surface area contributed by atoms with E-state index in [0.29, 0.717) is 59.2 Å². The number of rotatable bonds is 7. The summed E-state index contributed by atoms with van der Waals surface area (Å²) in [6, 6.07) is 11.3. The van der Waals surface area contributed by atoms with E-state index >= 15 is 0 Å². The highest BCUT2D eigenvalue weighted by molar-refractivity contribution is 5.91. The van der Waals surface area contributed by atoms with Crippen molar-refractivity contribution in [1.82, 2.24) is 34.4 Å². The van der Waals surface area contributed by atoms with Crippen molar-refractivity contribution in [3.8, 4) is 17.2 Å². The molecule has 4 aromatic heterocycles. The lowest BCUT2D eigenvalue weighted by molar-refractivity contribution is -0.125. The second-order valence-electron chi connectivity index (χ2n) is 9.23. The molecule has 1 aliphatic rings. The van der Waals surface area contributed by atoms with E-state index in [9.17, 15) is 4.79 Å². The second kappa shape index (κ2) is 10.4. The first-order valence-electron chi connectivity index (χ1n) is 12.7. The molecule has 0 radical (unpaired) electrons. The van der Waals surface area contributed by atoms with Gasteiger partial charge in [0.05, 0.1) is 12.6 Å². The number of fused-ring (bicyclic) bond motifs is 2. The van der Waals surface area contributed by atoms with E-state index < -0.39 is 0 Å². The van der Waals surface area contributed by atoms with Gasteiger partial charge in [0.1, 0.15) is 41.1 Å². The summed E-state index contributed by atoms with van der Waals surface area (Å²) in [7, 11) is 1.61. The van der Waals surface area contributed by atoms with Gasteiger partial charge in [-0.1, -0.05) is 12.7 Å². The van der Waals surface area contributed by atoms with Crippen LogP contribution < -0.4 is 14.8 Å². The van der Waals surface area contributed by atoms with Gasteiger partial charge in [-0.3, -0.25) is 4.79 Å². The van der Waals surface area contributed by atoms with Crippen molar-refractivity contribution in [1.29, 1.82) is 0 Å². The number of hydrogen-bond donors (Lipinski definition) is 1. The summed E-state index contributed by atoms with van der Waals surface area (Å²) in [6.07, 6.45) is 8.79. The Hall–Kier alpha value is -5.32. The van der Waals surface area contributed by atoms with Crippen molar-refractivity contribution < 1.29 is 14.3 Å². The van der Waals surface area contributed by atoms with Crippen LogP contribution in [0.1, 0.15) is 17.7 Å². The van der Waals surface area contributed by atoms with E-state index in [1.54, 1.807) is 22.7 Å². The normalized spacial score (nSPS) is 13.2. The summed E-state index contributed by atoms with van der Waals surface area (Å²) in [4.78, 5) is 31.8. The maximum Gasteiger partial charge on any atom is 0.246 e. The minimum absolute atomic E-state index is 0.0864. The molecule has 0 fully saturated rings. The number of amides is 1. The fraction of sp³-hybridized carbons (Fsp3) is 0.172. The van der Waals surface area contributed by atoms with Crippen LogP contribution in [0, 0.1) is 6.92 Å². The summed E-state index contributed by atoms with van der Waals surface area (Å²) in [5.74, 6) is 2.50. The van der Waals surface area contributed by atoms with Crippen LogP contribution in [0.4, 0.5) is 11.5 Å². The zero-order valence-corrected chi connectivity index (χ0v) is 22.0. The molecule has 11 nitrogen and oxygen atoms in total. The summed E-state index contributed by atoms with van der Waals surface area (Å²) in [5.41, 5.74) is 5.45. The number of carbonyl (C=O) groups excluding carboxylic acids is 1. The lowest BCUT2D eigenvalue weighted by Gasteiger charge is -2.25. The molecule has 0 spiro atoms. The minimum Gasteiger partial charge on any atom is -0.494 e. The van der Waals surface area contributed by atoms with Gasteiger partial charge in [0.2, 0.25) is 5.91 Å². The summed E-state index contributed by atoms with van der Waals surface area (Å²) < 4.78 is 13.4. The van der Waals surface area contributed by atoms with Gasteiger partial charge in [0.15, 0.2) is 11.5 Å². The highest BCUT2D eigenvalue weighted by Gasteiger charge is 2.21. The van der Waals surface area contributed by atoms with Crippen LogP contribution >= 0.6 is 0 Å². The number of nitrogens with zero attached hydrogens (tertiary/aromatic N) is 7. The number of methoxy groups -OCH3 is 1. The Morgan fingerprint density at radius 1 is 1.10 bits per heavy atom. The van der Waals surface area contributed by atoms with Crippen LogP contribution in [0.2, 0.25) is 0 Å². The Morgan fingerprint density at radius 3 is 2.77 bits per heavy atom. The monoisotopic (exact) mass is 534 g/mol. The van der Waals surface area contributed by atoms with Crippen molar-refractivity contribution in [3.63, 3.8) is 0 Å². The first-order valence-corrected chi connectivity index (χ1v) is 12.7. The molecule has 1 amide bonds. The van der Waals surface area contributed by atoms with Gasteiger partial charge in [0, 0.05) is 37.1 Å². The zero-order chi connectivity index (χ0) is 27.6. The first-order chi connectivity index (χ1) is 19.5. The molecule has 200 valence electrons. The van der Waals surface area contributed by atoms with Gasteiger partial charge in [-0.05, 0) is 54.8 Å². The van der Waals surface area contributed by atoms with E-state index in [0.717, 1.165) is 22.6 Å². The number of pyridine rings is 2. The molecular weight excluding hydrogens is 508 g/mol. The van der Waals surface area contributed by atoms with E-state index in [4.69, 9.17) is 14.5 Å². The number of ether oxygens (including phenoxy) is 2. The number of benzene rings is 1. The number of nitrogens with one attached hydrogen (secondary N) is 1. The summed E-state index contributed by atoms with van der Waals surface area (Å²) in [5, 5.41) is 7.49. The van der Waals surface area contributed by atoms with E-state index in [1.165, 1.54) is 18.7 Å². The molecule has 11 heteroatoms. The molecule has 40 heavy (non-hydrogen) atoms. The second-order valence-corrected chi connectivity index (χ2v) is 9.23. The molecule has 5 heterocycles. The van der Waals surface area contributed by atoms with Crippen LogP contribution in [0.15, 0.2) is 74.0 Å². The average molecular weight is 535 g/mol. The third-order valence-electron chi connectivity index (χ3n) is 6.71. The molecule has 1 N–H and O–H groups in total. The topological polar surface area (TPSA) is 120 Å². The molecule has 0 bridgehead atoms. The van der Waals surface area contributed by atoms with E-state index in [1.807, 2.05) is 49.4 Å². The van der Waals surface area contributed by atoms with Gasteiger partial charge in [0.25, 0.3) is 0 Å². The Balaban J connectivity index is 1.28. The van der Waals surface area contributed by atoms with Crippen LogP contribution in [-0.4, -0.2) is 60.6 Å². The maximum atomic E-state index is 12.0. The van der Waals surface area contributed by atoms with Crippen molar-refractivity contribution in [2.75, 3.05) is 25.5 Å². The van der Waals surface area contributed by atoms with Gasteiger partial charge >= 0.3 is 0 Å². The Bertz CT molecular complexity index is 1800. The Morgan fingerprint density at radius 2 is 2.00 bits per heavy atom. The molecule has 0 unspecified atom stereocenters. The van der Waals surface area contributed by atoms with E-state index in [2.05, 4.69) is 31.9 Å². The lowest BCUT2D eigenvalue weighted by atomic mass is 10.0. The molecule has 1 aliphatic heterocycles. The highest BCUT2D eigenvalue weighted by atomic mass is 16.5. The van der Waals surface area contributed by atoms with Crippen LogP contribution in [0.5, 0.6) is 17.2 Å². The maximum absolute atomic E-state index is 12.0. The van der Waals surface area contributed by atoms with Gasteiger partial charge in [-0.2, -0.15) is 5.10 Å². The highest BCUT2D eigenvalue weighted by Crippen LogP contribution is 2.34. The quantitative estimate of drug-likeness (QED) is 0.296. The first kappa shape index (κ1) is 25.0. The van der Waals surface area contributed by atoms with Gasteiger partial charge in [-0.25, -0.2) is 24.5 Å². The minimum atomic E-state index is -0.0864. The smallest absolute Gasteiger partial charge is 0.246 e. The number of aryl methyl sites for hydroxylation is 1. The van der Waals surface area contributed by atoms with Gasteiger partial charge < -0.3 is 19.7 Å². The largest absolute Gasteiger partial charge is 0.494 e. The molecule has 0 aliphatic carbocycles. The lowest BCUT2D eigenvalue weighted by Crippen LogP contribution is -2.33. The SMILES string of the molecule is C=CC(=O)N1CC=C(c2nc3c(Nc4ccc(Oc5ccn6ncnc6c5)c(C)c4)ncnc3cc2OC)CC1. The molecule has 0 saturated carbocycles. The molecule has 0 saturated heterocycles. The molecular formula is C29H26N8O3. The molecule has 0 atom stereocenters. The number of anilines is 2. The van der Waals surface area contributed by atoms with Crippen molar-refractivity contribution in [2.45, 2.75) is 13.3 Å². The third-order valence-corrected chi connectivity index (χ3v) is 6.71.